The molecule has 0 saturated carbocycles. The molecule has 1 heterocycles. The van der Waals surface area contributed by atoms with E-state index in [1.165, 1.54) is 4.31 Å². The van der Waals surface area contributed by atoms with E-state index in [0.717, 1.165) is 24.0 Å². The van der Waals surface area contributed by atoms with Crippen molar-refractivity contribution >= 4 is 33.4 Å². The SMILES string of the molecule is COCCCNC(=O)[C@H](c1ccccc1)N(Cc1ccc(Cl)cc1)C(=O)CCc1ccc(S(=O)(=O)N2CCCC2)cc1. The van der Waals surface area contributed by atoms with Crippen molar-refractivity contribution in [2.45, 2.75) is 49.6 Å². The summed E-state index contributed by atoms with van der Waals surface area (Å²) in [7, 11) is -1.89. The van der Waals surface area contributed by atoms with Crippen LogP contribution >= 0.6 is 11.6 Å². The van der Waals surface area contributed by atoms with Gasteiger partial charge in [0.25, 0.3) is 0 Å². The molecule has 42 heavy (non-hydrogen) atoms. The monoisotopic (exact) mass is 611 g/mol. The van der Waals surface area contributed by atoms with Crippen LogP contribution in [0, 0.1) is 0 Å². The average Bonchev–Trinajstić information content (AvgIpc) is 3.56. The lowest BCUT2D eigenvalue weighted by atomic mass is 10.0. The van der Waals surface area contributed by atoms with Crippen LogP contribution in [0.25, 0.3) is 0 Å². The molecule has 0 radical (unpaired) electrons. The normalized spacial score (nSPS) is 14.4. The van der Waals surface area contributed by atoms with Gasteiger partial charge in [0.05, 0.1) is 4.90 Å². The molecule has 1 atom stereocenters. The second kappa shape index (κ2) is 15.3. The zero-order chi connectivity index (χ0) is 30.0. The average molecular weight is 612 g/mol. The molecule has 3 aromatic carbocycles. The van der Waals surface area contributed by atoms with Gasteiger partial charge < -0.3 is 15.0 Å². The number of rotatable bonds is 14. The second-order valence-electron chi connectivity index (χ2n) is 10.4. The third kappa shape index (κ3) is 8.41. The van der Waals surface area contributed by atoms with Gasteiger partial charge in [-0.3, -0.25) is 9.59 Å². The standard InChI is InChI=1S/C32H38ClN3O5S/c1-41-23-7-20-34-32(38)31(27-8-3-2-4-9-27)36(24-26-10-15-28(33)16-11-26)30(37)19-14-25-12-17-29(18-13-25)42(39,40)35-21-5-6-22-35/h2-4,8-13,15-18,31H,5-7,14,19-24H2,1H3,(H,34,38)/t31-/m0/s1. The van der Waals surface area contributed by atoms with Gasteiger partial charge in [-0.1, -0.05) is 66.2 Å². The number of carbonyl (C=O) groups is 2. The van der Waals surface area contributed by atoms with Crippen LogP contribution in [-0.4, -0.2) is 62.8 Å². The van der Waals surface area contributed by atoms with Crippen molar-refractivity contribution in [3.05, 3.63) is 101 Å². The molecule has 1 N–H and O–H groups in total. The van der Waals surface area contributed by atoms with Gasteiger partial charge in [0.1, 0.15) is 6.04 Å². The first-order valence-electron chi connectivity index (χ1n) is 14.2. The fourth-order valence-corrected chi connectivity index (χ4v) is 6.69. The Bertz CT molecular complexity index is 1410. The van der Waals surface area contributed by atoms with Crippen LogP contribution < -0.4 is 5.32 Å². The minimum Gasteiger partial charge on any atom is -0.385 e. The fourth-order valence-electron chi connectivity index (χ4n) is 5.04. The van der Waals surface area contributed by atoms with E-state index in [0.29, 0.717) is 49.7 Å². The van der Waals surface area contributed by atoms with Gasteiger partial charge >= 0.3 is 0 Å². The quantitative estimate of drug-likeness (QED) is 0.259. The van der Waals surface area contributed by atoms with Crippen molar-refractivity contribution in [2.24, 2.45) is 0 Å². The Labute approximate surface area is 253 Å². The molecule has 4 rings (SSSR count). The zero-order valence-corrected chi connectivity index (χ0v) is 25.4. The summed E-state index contributed by atoms with van der Waals surface area (Å²) in [5.41, 5.74) is 2.40. The number of sulfonamides is 1. The molecule has 0 aliphatic carbocycles. The number of nitrogens with one attached hydrogen (secondary N) is 1. The zero-order valence-electron chi connectivity index (χ0n) is 23.9. The van der Waals surface area contributed by atoms with E-state index in [2.05, 4.69) is 5.32 Å². The molecular formula is C32H38ClN3O5S. The molecule has 0 spiro atoms. The lowest BCUT2D eigenvalue weighted by Gasteiger charge is -2.32. The summed E-state index contributed by atoms with van der Waals surface area (Å²) in [5.74, 6) is -0.462. The smallest absolute Gasteiger partial charge is 0.247 e. The van der Waals surface area contributed by atoms with Crippen LogP contribution in [0.15, 0.2) is 83.8 Å². The number of benzene rings is 3. The van der Waals surface area contributed by atoms with Gasteiger partial charge in [-0.2, -0.15) is 4.31 Å². The highest BCUT2D eigenvalue weighted by Crippen LogP contribution is 2.26. The molecule has 1 fully saturated rings. The molecule has 1 aliphatic rings. The fraction of sp³-hybridized carbons (Fsp3) is 0.375. The Hall–Kier alpha value is -3.24. The molecule has 1 aliphatic heterocycles. The molecule has 0 aromatic heterocycles. The predicted molar refractivity (Wildman–Crippen MR) is 163 cm³/mol. The van der Waals surface area contributed by atoms with Crippen molar-refractivity contribution in [3.8, 4) is 0 Å². The summed E-state index contributed by atoms with van der Waals surface area (Å²) >= 11 is 6.10. The van der Waals surface area contributed by atoms with E-state index in [-0.39, 0.29) is 29.7 Å². The third-order valence-electron chi connectivity index (χ3n) is 7.34. The third-order valence-corrected chi connectivity index (χ3v) is 9.50. The van der Waals surface area contributed by atoms with Gasteiger partial charge in [-0.25, -0.2) is 8.42 Å². The number of carbonyl (C=O) groups excluding carboxylic acids is 2. The van der Waals surface area contributed by atoms with Crippen LogP contribution in [0.3, 0.4) is 0 Å². The maximum atomic E-state index is 13.9. The first-order valence-corrected chi connectivity index (χ1v) is 16.1. The minimum absolute atomic E-state index is 0.145. The van der Waals surface area contributed by atoms with Crippen LogP contribution in [-0.2, 0) is 37.3 Å². The van der Waals surface area contributed by atoms with Crippen molar-refractivity contribution in [1.82, 2.24) is 14.5 Å². The Morgan fingerprint density at radius 1 is 0.952 bits per heavy atom. The predicted octanol–water partition coefficient (Wildman–Crippen LogP) is 4.98. The van der Waals surface area contributed by atoms with Crippen LogP contribution in [0.5, 0.6) is 0 Å². The van der Waals surface area contributed by atoms with Crippen LogP contribution in [0.2, 0.25) is 5.02 Å². The van der Waals surface area contributed by atoms with Crippen molar-refractivity contribution in [3.63, 3.8) is 0 Å². The van der Waals surface area contributed by atoms with Crippen LogP contribution in [0.1, 0.15) is 48.4 Å². The van der Waals surface area contributed by atoms with E-state index < -0.39 is 16.1 Å². The topological polar surface area (TPSA) is 96.0 Å². The van der Waals surface area contributed by atoms with Crippen LogP contribution in [0.4, 0.5) is 0 Å². The van der Waals surface area contributed by atoms with Gasteiger partial charge in [0, 0.05) is 51.3 Å². The number of nitrogens with zero attached hydrogens (tertiary/aromatic N) is 2. The molecule has 10 heteroatoms. The second-order valence-corrected chi connectivity index (χ2v) is 12.7. The van der Waals surface area contributed by atoms with E-state index in [4.69, 9.17) is 16.3 Å². The molecule has 3 aromatic rings. The molecule has 1 saturated heterocycles. The number of methoxy groups -OCH3 is 1. The number of aryl methyl sites for hydroxylation is 1. The van der Waals surface area contributed by atoms with Gasteiger partial charge in [0.15, 0.2) is 0 Å². The summed E-state index contributed by atoms with van der Waals surface area (Å²) in [5, 5.41) is 3.55. The summed E-state index contributed by atoms with van der Waals surface area (Å²) in [4.78, 5) is 29.3. The maximum Gasteiger partial charge on any atom is 0.247 e. The van der Waals surface area contributed by atoms with Crippen molar-refractivity contribution < 1.29 is 22.7 Å². The molecule has 8 nitrogen and oxygen atoms in total. The lowest BCUT2D eigenvalue weighted by Crippen LogP contribution is -2.43. The Balaban J connectivity index is 1.54. The largest absolute Gasteiger partial charge is 0.385 e. The Morgan fingerprint density at radius 3 is 2.24 bits per heavy atom. The molecule has 0 unspecified atom stereocenters. The number of halogens is 1. The number of hydrogen-bond acceptors (Lipinski definition) is 5. The summed E-state index contributed by atoms with van der Waals surface area (Å²) < 4.78 is 32.4. The highest BCUT2D eigenvalue weighted by molar-refractivity contribution is 7.89. The lowest BCUT2D eigenvalue weighted by molar-refractivity contribution is -0.141. The first kappa shape index (κ1) is 31.7. The molecular weight excluding hydrogens is 574 g/mol. The first-order chi connectivity index (χ1) is 20.3. The molecule has 224 valence electrons. The van der Waals surface area contributed by atoms with Gasteiger partial charge in [-0.15, -0.1) is 0 Å². The van der Waals surface area contributed by atoms with Gasteiger partial charge in [0.2, 0.25) is 21.8 Å². The maximum absolute atomic E-state index is 13.9. The summed E-state index contributed by atoms with van der Waals surface area (Å²) in [6.07, 6.45) is 2.95. The van der Waals surface area contributed by atoms with Crippen molar-refractivity contribution in [1.29, 1.82) is 0 Å². The van der Waals surface area contributed by atoms with E-state index in [1.54, 1.807) is 48.4 Å². The summed E-state index contributed by atoms with van der Waals surface area (Å²) in [6.45, 7) is 2.25. The van der Waals surface area contributed by atoms with Gasteiger partial charge in [-0.05, 0) is 66.6 Å². The summed E-state index contributed by atoms with van der Waals surface area (Å²) in [6, 6.07) is 22.4. The highest BCUT2D eigenvalue weighted by atomic mass is 35.5. The van der Waals surface area contributed by atoms with E-state index in [1.807, 2.05) is 42.5 Å². The molecule has 0 bridgehead atoms. The number of amides is 2. The number of hydrogen-bond donors (Lipinski definition) is 1. The Morgan fingerprint density at radius 2 is 1.60 bits per heavy atom. The highest BCUT2D eigenvalue weighted by Gasteiger charge is 2.31. The minimum atomic E-state index is -3.50. The number of ether oxygens (including phenoxy) is 1. The van der Waals surface area contributed by atoms with E-state index in [9.17, 15) is 18.0 Å². The van der Waals surface area contributed by atoms with E-state index >= 15 is 0 Å². The Kier molecular flexibility index (Phi) is 11.5. The van der Waals surface area contributed by atoms with Crippen molar-refractivity contribution in [2.75, 3.05) is 33.4 Å². The molecule has 2 amide bonds.